The molecule has 0 aliphatic rings. The lowest BCUT2D eigenvalue weighted by Gasteiger charge is -2.23. The number of ether oxygens (including phenoxy) is 1. The average molecular weight is 363 g/mol. The predicted octanol–water partition coefficient (Wildman–Crippen LogP) is 6.24. The van der Waals surface area contributed by atoms with Crippen molar-refractivity contribution in [2.75, 3.05) is 0 Å². The molecule has 136 valence electrons. The summed E-state index contributed by atoms with van der Waals surface area (Å²) >= 11 is 0. The number of pyridine rings is 1. The van der Waals surface area contributed by atoms with Crippen LogP contribution in [0.25, 0.3) is 22.2 Å². The van der Waals surface area contributed by atoms with Crippen LogP contribution in [0.4, 0.5) is 17.6 Å². The molecular weight excluding hydrogens is 346 g/mol. The summed E-state index contributed by atoms with van der Waals surface area (Å²) in [5, 5.41) is 0.438. The standard InChI is InChI=1S/C20H17F4NO/c1-19(2,3)26-18-11-17(13-6-4-5-7-15(13)21)25-16-10-12(20(22,23)24)8-9-14(16)18/h4-11H,1-3H3. The highest BCUT2D eigenvalue weighted by molar-refractivity contribution is 5.88. The monoisotopic (exact) mass is 363 g/mol. The number of hydrogen-bond acceptors (Lipinski definition) is 2. The molecule has 0 radical (unpaired) electrons. The normalized spacial score (nSPS) is 12.4. The van der Waals surface area contributed by atoms with E-state index in [-0.39, 0.29) is 16.8 Å². The number of hydrogen-bond donors (Lipinski definition) is 0. The number of benzene rings is 2. The van der Waals surface area contributed by atoms with Crippen LogP contribution >= 0.6 is 0 Å². The van der Waals surface area contributed by atoms with Crippen molar-refractivity contribution < 1.29 is 22.3 Å². The molecule has 26 heavy (non-hydrogen) atoms. The van der Waals surface area contributed by atoms with Gasteiger partial charge in [-0.25, -0.2) is 9.37 Å². The molecule has 0 atom stereocenters. The van der Waals surface area contributed by atoms with E-state index < -0.39 is 23.2 Å². The van der Waals surface area contributed by atoms with Crippen LogP contribution in [-0.4, -0.2) is 10.6 Å². The fourth-order valence-corrected chi connectivity index (χ4v) is 2.59. The van der Waals surface area contributed by atoms with E-state index in [0.29, 0.717) is 11.1 Å². The molecule has 0 bridgehead atoms. The summed E-state index contributed by atoms with van der Waals surface area (Å²) in [6, 6.07) is 10.8. The van der Waals surface area contributed by atoms with Gasteiger partial charge in [0.05, 0.1) is 16.8 Å². The van der Waals surface area contributed by atoms with Gasteiger partial charge in [0.15, 0.2) is 0 Å². The Morgan fingerprint density at radius 3 is 2.23 bits per heavy atom. The molecule has 0 aliphatic carbocycles. The first-order valence-electron chi connectivity index (χ1n) is 8.00. The maximum absolute atomic E-state index is 14.2. The lowest BCUT2D eigenvalue weighted by Crippen LogP contribution is -2.23. The molecule has 2 aromatic carbocycles. The molecule has 0 amide bonds. The van der Waals surface area contributed by atoms with Crippen molar-refractivity contribution in [2.45, 2.75) is 32.5 Å². The largest absolute Gasteiger partial charge is 0.487 e. The Morgan fingerprint density at radius 2 is 1.62 bits per heavy atom. The summed E-state index contributed by atoms with van der Waals surface area (Å²) in [5.41, 5.74) is -0.881. The zero-order chi connectivity index (χ0) is 19.1. The van der Waals surface area contributed by atoms with Crippen LogP contribution in [0.2, 0.25) is 0 Å². The molecule has 0 N–H and O–H groups in total. The summed E-state index contributed by atoms with van der Waals surface area (Å²) in [4.78, 5) is 4.25. The highest BCUT2D eigenvalue weighted by Crippen LogP contribution is 2.36. The minimum Gasteiger partial charge on any atom is -0.487 e. The van der Waals surface area contributed by atoms with Crippen molar-refractivity contribution in [1.82, 2.24) is 4.98 Å². The van der Waals surface area contributed by atoms with Crippen LogP contribution in [0.3, 0.4) is 0 Å². The Balaban J connectivity index is 2.27. The summed E-state index contributed by atoms with van der Waals surface area (Å²) in [7, 11) is 0. The third kappa shape index (κ3) is 3.79. The lowest BCUT2D eigenvalue weighted by molar-refractivity contribution is -0.137. The molecule has 1 aromatic heterocycles. The summed E-state index contributed by atoms with van der Waals surface area (Å²) < 4.78 is 59.2. The highest BCUT2D eigenvalue weighted by atomic mass is 19.4. The van der Waals surface area contributed by atoms with Crippen molar-refractivity contribution in [3.63, 3.8) is 0 Å². The van der Waals surface area contributed by atoms with Gasteiger partial charge in [0, 0.05) is 17.0 Å². The molecule has 0 unspecified atom stereocenters. The topological polar surface area (TPSA) is 22.1 Å². The van der Waals surface area contributed by atoms with E-state index in [4.69, 9.17) is 4.74 Å². The van der Waals surface area contributed by atoms with Crippen LogP contribution in [0.15, 0.2) is 48.5 Å². The van der Waals surface area contributed by atoms with Gasteiger partial charge in [-0.3, -0.25) is 0 Å². The number of aromatic nitrogens is 1. The average Bonchev–Trinajstić information content (AvgIpc) is 2.52. The fraction of sp³-hybridized carbons (Fsp3) is 0.250. The third-order valence-electron chi connectivity index (χ3n) is 3.67. The highest BCUT2D eigenvalue weighted by Gasteiger charge is 2.31. The quantitative estimate of drug-likeness (QED) is 0.503. The van der Waals surface area contributed by atoms with E-state index in [1.807, 2.05) is 20.8 Å². The van der Waals surface area contributed by atoms with Gasteiger partial charge in [-0.2, -0.15) is 13.2 Å². The lowest BCUT2D eigenvalue weighted by atomic mass is 10.1. The minimum atomic E-state index is -4.49. The van der Waals surface area contributed by atoms with Gasteiger partial charge in [0.2, 0.25) is 0 Å². The van der Waals surface area contributed by atoms with Gasteiger partial charge in [0.1, 0.15) is 17.2 Å². The maximum atomic E-state index is 14.2. The fourth-order valence-electron chi connectivity index (χ4n) is 2.59. The third-order valence-corrected chi connectivity index (χ3v) is 3.67. The zero-order valence-corrected chi connectivity index (χ0v) is 14.5. The van der Waals surface area contributed by atoms with Crippen molar-refractivity contribution in [3.05, 3.63) is 59.9 Å². The first-order valence-corrected chi connectivity index (χ1v) is 8.00. The molecular formula is C20H17F4NO. The molecule has 3 rings (SSSR count). The molecule has 0 spiro atoms. The van der Waals surface area contributed by atoms with Crippen LogP contribution in [0.1, 0.15) is 26.3 Å². The number of halogens is 4. The second-order valence-electron chi connectivity index (χ2n) is 6.93. The Morgan fingerprint density at radius 1 is 0.923 bits per heavy atom. The molecule has 3 aromatic rings. The summed E-state index contributed by atoms with van der Waals surface area (Å²) in [6.45, 7) is 5.48. The second-order valence-corrected chi connectivity index (χ2v) is 6.93. The minimum absolute atomic E-state index is 0.0971. The number of nitrogens with zero attached hydrogens (tertiary/aromatic N) is 1. The zero-order valence-electron chi connectivity index (χ0n) is 14.5. The molecule has 6 heteroatoms. The first kappa shape index (κ1) is 18.2. The molecule has 1 heterocycles. The van der Waals surface area contributed by atoms with Crippen molar-refractivity contribution >= 4 is 10.9 Å². The SMILES string of the molecule is CC(C)(C)Oc1cc(-c2ccccc2F)nc2cc(C(F)(F)F)ccc12. The van der Waals surface area contributed by atoms with Gasteiger partial charge in [-0.1, -0.05) is 12.1 Å². The van der Waals surface area contributed by atoms with E-state index in [2.05, 4.69) is 4.98 Å². The van der Waals surface area contributed by atoms with Crippen LogP contribution in [-0.2, 0) is 6.18 Å². The maximum Gasteiger partial charge on any atom is 0.416 e. The molecule has 0 fully saturated rings. The van der Waals surface area contributed by atoms with Crippen molar-refractivity contribution in [1.29, 1.82) is 0 Å². The van der Waals surface area contributed by atoms with Crippen molar-refractivity contribution in [3.8, 4) is 17.0 Å². The van der Waals surface area contributed by atoms with Crippen LogP contribution in [0.5, 0.6) is 5.75 Å². The van der Waals surface area contributed by atoms with Gasteiger partial charge < -0.3 is 4.74 Å². The Labute approximate surface area is 148 Å². The van der Waals surface area contributed by atoms with E-state index in [1.165, 1.54) is 24.3 Å². The van der Waals surface area contributed by atoms with Crippen LogP contribution < -0.4 is 4.74 Å². The summed E-state index contributed by atoms with van der Waals surface area (Å²) in [6.07, 6.45) is -4.49. The van der Waals surface area contributed by atoms with E-state index in [1.54, 1.807) is 12.1 Å². The first-order chi connectivity index (χ1) is 12.0. The Bertz CT molecular complexity index is 958. The second kappa shape index (κ2) is 6.27. The van der Waals surface area contributed by atoms with Gasteiger partial charge in [-0.15, -0.1) is 0 Å². The van der Waals surface area contributed by atoms with E-state index in [0.717, 1.165) is 12.1 Å². The van der Waals surface area contributed by atoms with Gasteiger partial charge in [-0.05, 0) is 51.1 Å². The molecule has 0 aliphatic heterocycles. The molecule has 0 saturated heterocycles. The Kier molecular flexibility index (Phi) is 4.38. The molecule has 2 nitrogen and oxygen atoms in total. The van der Waals surface area contributed by atoms with Crippen molar-refractivity contribution in [2.24, 2.45) is 0 Å². The Hall–Kier alpha value is -2.63. The van der Waals surface area contributed by atoms with Gasteiger partial charge >= 0.3 is 6.18 Å². The van der Waals surface area contributed by atoms with E-state index in [9.17, 15) is 17.6 Å². The summed E-state index contributed by atoms with van der Waals surface area (Å²) in [5.74, 6) is -0.150. The number of fused-ring (bicyclic) bond motifs is 1. The predicted molar refractivity (Wildman–Crippen MR) is 92.5 cm³/mol. The number of alkyl halides is 3. The number of rotatable bonds is 2. The van der Waals surface area contributed by atoms with Gasteiger partial charge in [0.25, 0.3) is 0 Å². The van der Waals surface area contributed by atoms with E-state index >= 15 is 0 Å². The molecule has 0 saturated carbocycles. The van der Waals surface area contributed by atoms with Crippen LogP contribution in [0, 0.1) is 5.82 Å². The smallest absolute Gasteiger partial charge is 0.416 e.